The number of hydrogen-bond acceptors (Lipinski definition) is 6. The molecule has 1 atom stereocenters. The summed E-state index contributed by atoms with van der Waals surface area (Å²) in [5, 5.41) is 12.5. The molecule has 0 aliphatic rings. The molecule has 0 spiro atoms. The fraction of sp³-hybridized carbons (Fsp3) is 0.300. The second-order valence-corrected chi connectivity index (χ2v) is 8.99. The number of anilines is 1. The lowest BCUT2D eigenvalue weighted by Crippen LogP contribution is -2.22. The number of aromatic nitrogens is 4. The van der Waals surface area contributed by atoms with Crippen LogP contribution < -0.4 is 5.32 Å². The average molecular weight is 414 g/mol. The number of amides is 1. The predicted octanol–water partition coefficient (Wildman–Crippen LogP) is 4.63. The number of thioether (sulfide) groups is 1. The van der Waals surface area contributed by atoms with Crippen LogP contribution in [-0.4, -0.2) is 30.9 Å². The Morgan fingerprint density at radius 3 is 2.61 bits per heavy atom. The first-order chi connectivity index (χ1) is 13.4. The van der Waals surface area contributed by atoms with E-state index in [1.807, 2.05) is 56.5 Å². The minimum Gasteiger partial charge on any atom is -0.301 e. The van der Waals surface area contributed by atoms with Gasteiger partial charge >= 0.3 is 0 Å². The summed E-state index contributed by atoms with van der Waals surface area (Å²) in [5.41, 5.74) is 3.11. The Morgan fingerprint density at radius 1 is 1.29 bits per heavy atom. The van der Waals surface area contributed by atoms with Gasteiger partial charge in [-0.1, -0.05) is 47.7 Å². The largest absolute Gasteiger partial charge is 0.301 e. The highest BCUT2D eigenvalue weighted by Gasteiger charge is 2.21. The Bertz CT molecular complexity index is 971. The van der Waals surface area contributed by atoms with Crippen LogP contribution in [0.5, 0.6) is 0 Å². The van der Waals surface area contributed by atoms with Crippen LogP contribution in [0.3, 0.4) is 0 Å². The lowest BCUT2D eigenvalue weighted by atomic mass is 10.1. The molecule has 1 aromatic carbocycles. The van der Waals surface area contributed by atoms with E-state index in [2.05, 4.69) is 27.1 Å². The third-order valence-electron chi connectivity index (χ3n) is 4.25. The van der Waals surface area contributed by atoms with Crippen molar-refractivity contribution in [3.05, 3.63) is 53.1 Å². The van der Waals surface area contributed by atoms with Crippen LogP contribution >= 0.6 is 23.1 Å². The molecule has 2 heterocycles. The molecule has 146 valence electrons. The highest BCUT2D eigenvalue weighted by atomic mass is 32.2. The highest BCUT2D eigenvalue weighted by molar-refractivity contribution is 8.00. The van der Waals surface area contributed by atoms with Gasteiger partial charge in [0.2, 0.25) is 5.91 Å². The number of carbonyl (C=O) groups excluding carboxylic acids is 1. The summed E-state index contributed by atoms with van der Waals surface area (Å²) in [6.07, 6.45) is 1.80. The molecular weight excluding hydrogens is 390 g/mol. The van der Waals surface area contributed by atoms with Gasteiger partial charge in [0.15, 0.2) is 16.1 Å². The molecule has 0 saturated heterocycles. The Morgan fingerprint density at radius 2 is 2.00 bits per heavy atom. The number of nitrogens with zero attached hydrogens (tertiary/aromatic N) is 4. The molecule has 0 aliphatic heterocycles. The molecule has 6 nitrogen and oxygen atoms in total. The maximum absolute atomic E-state index is 12.6. The van der Waals surface area contributed by atoms with Gasteiger partial charge in [-0.15, -0.1) is 28.1 Å². The van der Waals surface area contributed by atoms with Crippen LogP contribution in [0.25, 0.3) is 11.4 Å². The topological polar surface area (TPSA) is 72.7 Å². The quantitative estimate of drug-likeness (QED) is 0.451. The minimum atomic E-state index is -0.344. The molecule has 0 bridgehead atoms. The van der Waals surface area contributed by atoms with Gasteiger partial charge in [0.1, 0.15) is 0 Å². The van der Waals surface area contributed by atoms with Gasteiger partial charge < -0.3 is 5.32 Å². The van der Waals surface area contributed by atoms with E-state index in [9.17, 15) is 4.79 Å². The Labute approximate surface area is 173 Å². The van der Waals surface area contributed by atoms with Gasteiger partial charge in [-0.3, -0.25) is 9.36 Å². The minimum absolute atomic E-state index is 0.108. The van der Waals surface area contributed by atoms with Gasteiger partial charge in [-0.05, 0) is 27.7 Å². The molecule has 28 heavy (non-hydrogen) atoms. The fourth-order valence-electron chi connectivity index (χ4n) is 2.53. The van der Waals surface area contributed by atoms with Gasteiger partial charge in [0.25, 0.3) is 0 Å². The van der Waals surface area contributed by atoms with E-state index in [0.29, 0.717) is 16.8 Å². The summed E-state index contributed by atoms with van der Waals surface area (Å²) < 4.78 is 1.98. The molecule has 0 radical (unpaired) electrons. The summed E-state index contributed by atoms with van der Waals surface area (Å²) in [5.74, 6) is 0.657. The zero-order valence-electron chi connectivity index (χ0n) is 16.4. The molecule has 0 fully saturated rings. The van der Waals surface area contributed by atoms with Crippen molar-refractivity contribution in [2.45, 2.75) is 44.6 Å². The van der Waals surface area contributed by atoms with E-state index < -0.39 is 0 Å². The van der Waals surface area contributed by atoms with Gasteiger partial charge in [0, 0.05) is 17.0 Å². The second-order valence-electron chi connectivity index (χ2n) is 6.48. The average Bonchev–Trinajstić information content (AvgIpc) is 3.19. The fourth-order valence-corrected chi connectivity index (χ4v) is 4.21. The lowest BCUT2D eigenvalue weighted by Gasteiger charge is -2.12. The van der Waals surface area contributed by atoms with Gasteiger partial charge in [0.05, 0.1) is 10.9 Å². The van der Waals surface area contributed by atoms with Crippen LogP contribution in [-0.2, 0) is 11.3 Å². The molecule has 1 amide bonds. The molecule has 0 saturated carbocycles. The predicted molar refractivity (Wildman–Crippen MR) is 116 cm³/mol. The van der Waals surface area contributed by atoms with E-state index in [0.717, 1.165) is 22.0 Å². The number of thiazole rings is 1. The number of benzene rings is 1. The van der Waals surface area contributed by atoms with Crippen molar-refractivity contribution in [2.24, 2.45) is 0 Å². The Hall–Kier alpha value is -2.45. The van der Waals surface area contributed by atoms with Crippen LogP contribution in [0, 0.1) is 20.8 Å². The first-order valence-electron chi connectivity index (χ1n) is 8.91. The smallest absolute Gasteiger partial charge is 0.239 e. The Balaban J connectivity index is 1.78. The summed E-state index contributed by atoms with van der Waals surface area (Å²) in [7, 11) is 0. The maximum atomic E-state index is 12.6. The van der Waals surface area contributed by atoms with Crippen molar-refractivity contribution >= 4 is 34.1 Å². The van der Waals surface area contributed by atoms with Crippen molar-refractivity contribution in [1.82, 2.24) is 19.7 Å². The normalized spacial score (nSPS) is 12.0. The number of allylic oxidation sites excluding steroid dienone is 1. The Kier molecular flexibility index (Phi) is 6.31. The molecule has 3 aromatic rings. The van der Waals surface area contributed by atoms with Crippen molar-refractivity contribution in [1.29, 1.82) is 0 Å². The third-order valence-corrected chi connectivity index (χ3v) is 6.32. The van der Waals surface area contributed by atoms with Crippen LogP contribution in [0.4, 0.5) is 5.13 Å². The van der Waals surface area contributed by atoms with E-state index >= 15 is 0 Å². The number of carbonyl (C=O) groups is 1. The van der Waals surface area contributed by atoms with Crippen molar-refractivity contribution in [2.75, 3.05) is 5.32 Å². The van der Waals surface area contributed by atoms with Gasteiger partial charge in [-0.25, -0.2) is 4.98 Å². The SMILES string of the molecule is C=CCn1c(S[C@H](C)C(=O)Nc2nc(C)c(C)s2)nnc1-c1ccc(C)cc1. The summed E-state index contributed by atoms with van der Waals surface area (Å²) in [6.45, 7) is 12.2. The first kappa shape index (κ1) is 20.3. The molecule has 3 rings (SSSR count). The number of nitrogens with one attached hydrogen (secondary N) is 1. The van der Waals surface area contributed by atoms with Crippen molar-refractivity contribution in [3.8, 4) is 11.4 Å². The van der Waals surface area contributed by atoms with Crippen molar-refractivity contribution in [3.63, 3.8) is 0 Å². The molecule has 0 unspecified atom stereocenters. The number of hydrogen-bond donors (Lipinski definition) is 1. The zero-order valence-corrected chi connectivity index (χ0v) is 18.0. The lowest BCUT2D eigenvalue weighted by molar-refractivity contribution is -0.115. The standard InChI is InChI=1S/C20H23N5OS2/c1-6-11-25-17(16-9-7-12(2)8-10-16)23-24-20(25)28-15(5)18(26)22-19-21-13(3)14(4)27-19/h6-10,15H,1,11H2,2-5H3,(H,21,22,26)/t15-/m1/s1. The van der Waals surface area contributed by atoms with Crippen molar-refractivity contribution < 1.29 is 4.79 Å². The molecule has 2 aromatic heterocycles. The second kappa shape index (κ2) is 8.70. The third kappa shape index (κ3) is 4.51. The van der Waals surface area contributed by atoms with E-state index in [1.165, 1.54) is 28.7 Å². The summed E-state index contributed by atoms with van der Waals surface area (Å²) >= 11 is 2.85. The van der Waals surface area contributed by atoms with Gasteiger partial charge in [-0.2, -0.15) is 0 Å². The van der Waals surface area contributed by atoms with Crippen LogP contribution in [0.15, 0.2) is 42.1 Å². The highest BCUT2D eigenvalue weighted by Crippen LogP contribution is 2.28. The van der Waals surface area contributed by atoms with E-state index in [4.69, 9.17) is 0 Å². The monoisotopic (exact) mass is 413 g/mol. The summed E-state index contributed by atoms with van der Waals surface area (Å²) in [4.78, 5) is 18.0. The van der Waals surface area contributed by atoms with E-state index in [1.54, 1.807) is 6.08 Å². The number of rotatable bonds is 7. The molecular formula is C20H23N5OS2. The molecule has 1 N–H and O–H groups in total. The number of aryl methyl sites for hydroxylation is 3. The first-order valence-corrected chi connectivity index (χ1v) is 10.6. The van der Waals surface area contributed by atoms with Crippen LogP contribution in [0.1, 0.15) is 23.1 Å². The zero-order chi connectivity index (χ0) is 20.3. The molecule has 8 heteroatoms. The molecule has 0 aliphatic carbocycles. The van der Waals surface area contributed by atoms with E-state index in [-0.39, 0.29) is 11.2 Å². The maximum Gasteiger partial charge on any atom is 0.239 e. The summed E-state index contributed by atoms with van der Waals surface area (Å²) in [6, 6.07) is 8.14. The van der Waals surface area contributed by atoms with Crippen LogP contribution in [0.2, 0.25) is 0 Å².